The van der Waals surface area contributed by atoms with Gasteiger partial charge in [-0.3, -0.25) is 4.79 Å². The van der Waals surface area contributed by atoms with Gasteiger partial charge in [0.1, 0.15) is 10.6 Å². The van der Waals surface area contributed by atoms with Crippen molar-refractivity contribution in [2.45, 2.75) is 31.6 Å². The standard InChI is InChI=1S/C21H28N2O4S2/c1-15-11-16(2)14-23(13-15)29(25,26)20-12-17(6-7-19(20)27-3)21(24)22-9-8-18-5-4-10-28-18/h4-7,10,12,15-16H,8-9,11,13-14H2,1-3H3,(H,22,24). The second-order valence-electron chi connectivity index (χ2n) is 7.72. The first-order valence-electron chi connectivity index (χ1n) is 9.80. The lowest BCUT2D eigenvalue weighted by Crippen LogP contribution is -2.42. The molecule has 1 amide bonds. The second kappa shape index (κ2) is 9.28. The number of methoxy groups -OCH3 is 1. The van der Waals surface area contributed by atoms with Crippen LogP contribution in [-0.2, 0) is 16.4 Å². The van der Waals surface area contributed by atoms with E-state index in [1.807, 2.05) is 17.5 Å². The number of ether oxygens (including phenoxy) is 1. The first kappa shape index (κ1) is 21.8. The molecule has 158 valence electrons. The summed E-state index contributed by atoms with van der Waals surface area (Å²) in [6.45, 7) is 5.58. The Morgan fingerprint density at radius 2 is 1.97 bits per heavy atom. The maximum absolute atomic E-state index is 13.3. The number of sulfonamides is 1. The van der Waals surface area contributed by atoms with Gasteiger partial charge >= 0.3 is 0 Å². The number of nitrogens with zero attached hydrogens (tertiary/aromatic N) is 1. The van der Waals surface area contributed by atoms with Crippen LogP contribution < -0.4 is 10.1 Å². The van der Waals surface area contributed by atoms with E-state index < -0.39 is 10.0 Å². The highest BCUT2D eigenvalue weighted by Gasteiger charge is 2.34. The number of piperidine rings is 1. The molecule has 1 aliphatic heterocycles. The van der Waals surface area contributed by atoms with Crippen molar-refractivity contribution >= 4 is 27.3 Å². The molecule has 1 aromatic carbocycles. The van der Waals surface area contributed by atoms with E-state index in [0.29, 0.717) is 37.0 Å². The Morgan fingerprint density at radius 3 is 2.59 bits per heavy atom. The molecule has 3 rings (SSSR count). The summed E-state index contributed by atoms with van der Waals surface area (Å²) in [5.74, 6) is 0.554. The minimum Gasteiger partial charge on any atom is -0.495 e. The quantitative estimate of drug-likeness (QED) is 0.722. The maximum atomic E-state index is 13.3. The molecule has 8 heteroatoms. The smallest absolute Gasteiger partial charge is 0.251 e. The minimum atomic E-state index is -3.75. The summed E-state index contributed by atoms with van der Waals surface area (Å²) in [7, 11) is -2.31. The van der Waals surface area contributed by atoms with Crippen molar-refractivity contribution in [2.75, 3.05) is 26.7 Å². The van der Waals surface area contributed by atoms with Crippen molar-refractivity contribution in [2.24, 2.45) is 11.8 Å². The first-order chi connectivity index (χ1) is 13.8. The number of hydrogen-bond donors (Lipinski definition) is 1. The fraction of sp³-hybridized carbons (Fsp3) is 0.476. The van der Waals surface area contributed by atoms with Crippen LogP contribution >= 0.6 is 11.3 Å². The van der Waals surface area contributed by atoms with E-state index in [0.717, 1.165) is 12.8 Å². The molecule has 1 fully saturated rings. The lowest BCUT2D eigenvalue weighted by molar-refractivity contribution is 0.0954. The molecule has 2 heterocycles. The highest BCUT2D eigenvalue weighted by Crippen LogP contribution is 2.32. The lowest BCUT2D eigenvalue weighted by Gasteiger charge is -2.34. The number of nitrogens with one attached hydrogen (secondary N) is 1. The van der Waals surface area contributed by atoms with Gasteiger partial charge in [0.25, 0.3) is 5.91 Å². The molecule has 0 bridgehead atoms. The van der Waals surface area contributed by atoms with Crippen LogP contribution in [0.4, 0.5) is 0 Å². The minimum absolute atomic E-state index is 0.0483. The molecule has 2 aromatic rings. The number of carbonyl (C=O) groups excluding carboxylic acids is 1. The van der Waals surface area contributed by atoms with Crippen molar-refractivity contribution in [3.05, 3.63) is 46.2 Å². The summed E-state index contributed by atoms with van der Waals surface area (Å²) in [4.78, 5) is 13.8. The molecule has 1 aromatic heterocycles. The Kier molecular flexibility index (Phi) is 6.97. The van der Waals surface area contributed by atoms with Crippen molar-refractivity contribution in [1.29, 1.82) is 0 Å². The lowest BCUT2D eigenvalue weighted by atomic mass is 9.94. The highest BCUT2D eigenvalue weighted by molar-refractivity contribution is 7.89. The van der Waals surface area contributed by atoms with Gasteiger partial charge in [-0.2, -0.15) is 4.31 Å². The fourth-order valence-electron chi connectivity index (χ4n) is 3.82. The molecule has 1 N–H and O–H groups in total. The largest absolute Gasteiger partial charge is 0.495 e. The third-order valence-electron chi connectivity index (χ3n) is 5.12. The van der Waals surface area contributed by atoms with Gasteiger partial charge in [0.05, 0.1) is 7.11 Å². The van der Waals surface area contributed by atoms with Crippen molar-refractivity contribution in [1.82, 2.24) is 9.62 Å². The van der Waals surface area contributed by atoms with E-state index in [4.69, 9.17) is 4.74 Å². The average Bonchev–Trinajstić information content (AvgIpc) is 3.20. The molecular weight excluding hydrogens is 408 g/mol. The summed E-state index contributed by atoms with van der Waals surface area (Å²) < 4.78 is 33.5. The summed E-state index contributed by atoms with van der Waals surface area (Å²) in [5, 5.41) is 4.87. The molecular formula is C21H28N2O4S2. The van der Waals surface area contributed by atoms with Gasteiger partial charge in [0.15, 0.2) is 0 Å². The number of carbonyl (C=O) groups is 1. The van der Waals surface area contributed by atoms with E-state index in [9.17, 15) is 13.2 Å². The molecule has 0 aliphatic carbocycles. The van der Waals surface area contributed by atoms with Gasteiger partial charge in [-0.15, -0.1) is 11.3 Å². The summed E-state index contributed by atoms with van der Waals surface area (Å²) >= 11 is 1.64. The zero-order valence-corrected chi connectivity index (χ0v) is 18.7. The van der Waals surface area contributed by atoms with Crippen LogP contribution in [0.15, 0.2) is 40.6 Å². The van der Waals surface area contributed by atoms with Crippen LogP contribution in [0.5, 0.6) is 5.75 Å². The van der Waals surface area contributed by atoms with Crippen LogP contribution in [0.3, 0.4) is 0 Å². The normalized spacial score (nSPS) is 20.4. The Bertz CT molecular complexity index is 932. The number of hydrogen-bond acceptors (Lipinski definition) is 5. The molecule has 29 heavy (non-hydrogen) atoms. The highest BCUT2D eigenvalue weighted by atomic mass is 32.2. The van der Waals surface area contributed by atoms with Crippen LogP contribution in [0.25, 0.3) is 0 Å². The summed E-state index contributed by atoms with van der Waals surface area (Å²) in [5.41, 5.74) is 0.314. The molecule has 1 aliphatic rings. The Labute approximate surface area is 176 Å². The molecule has 0 spiro atoms. The predicted octanol–water partition coefficient (Wildman–Crippen LogP) is 3.40. The number of rotatable bonds is 7. The molecule has 1 saturated heterocycles. The van der Waals surface area contributed by atoms with Crippen LogP contribution in [0.1, 0.15) is 35.5 Å². The zero-order chi connectivity index (χ0) is 21.0. The predicted molar refractivity (Wildman–Crippen MR) is 115 cm³/mol. The molecule has 2 atom stereocenters. The van der Waals surface area contributed by atoms with Gasteiger partial charge in [-0.1, -0.05) is 19.9 Å². The van der Waals surface area contributed by atoms with Crippen LogP contribution in [0, 0.1) is 11.8 Å². The maximum Gasteiger partial charge on any atom is 0.251 e. The molecule has 0 saturated carbocycles. The number of amides is 1. The average molecular weight is 437 g/mol. The molecule has 2 unspecified atom stereocenters. The van der Waals surface area contributed by atoms with Gasteiger partial charge in [-0.25, -0.2) is 8.42 Å². The monoisotopic (exact) mass is 436 g/mol. The van der Waals surface area contributed by atoms with Gasteiger partial charge in [0, 0.05) is 30.1 Å². The van der Waals surface area contributed by atoms with Crippen molar-refractivity contribution in [3.63, 3.8) is 0 Å². The van der Waals surface area contributed by atoms with Crippen LogP contribution in [0.2, 0.25) is 0 Å². The van der Waals surface area contributed by atoms with Crippen LogP contribution in [-0.4, -0.2) is 45.4 Å². The Morgan fingerprint density at radius 1 is 1.24 bits per heavy atom. The third-order valence-corrected chi connectivity index (χ3v) is 7.91. The Hall–Kier alpha value is -1.90. The first-order valence-corrected chi connectivity index (χ1v) is 12.1. The van der Waals surface area contributed by atoms with Crippen molar-refractivity contribution < 1.29 is 17.9 Å². The van der Waals surface area contributed by atoms with Gasteiger partial charge in [0.2, 0.25) is 10.0 Å². The van der Waals surface area contributed by atoms with Crippen molar-refractivity contribution in [3.8, 4) is 5.75 Å². The van der Waals surface area contributed by atoms with E-state index in [-0.39, 0.29) is 16.6 Å². The molecule has 0 radical (unpaired) electrons. The van der Waals surface area contributed by atoms with E-state index in [1.165, 1.54) is 22.4 Å². The number of benzene rings is 1. The Balaban J connectivity index is 1.79. The van der Waals surface area contributed by atoms with E-state index in [2.05, 4.69) is 19.2 Å². The van der Waals surface area contributed by atoms with E-state index in [1.54, 1.807) is 23.5 Å². The van der Waals surface area contributed by atoms with E-state index >= 15 is 0 Å². The zero-order valence-electron chi connectivity index (χ0n) is 17.1. The van der Waals surface area contributed by atoms with Gasteiger partial charge < -0.3 is 10.1 Å². The summed E-state index contributed by atoms with van der Waals surface area (Å²) in [6.07, 6.45) is 1.75. The second-order valence-corrected chi connectivity index (χ2v) is 10.7. The third kappa shape index (κ3) is 5.18. The molecule has 6 nitrogen and oxygen atoms in total. The summed E-state index contributed by atoms with van der Waals surface area (Å²) in [6, 6.07) is 8.58. The number of thiophene rings is 1. The SMILES string of the molecule is COc1ccc(C(=O)NCCc2cccs2)cc1S(=O)(=O)N1CC(C)CC(C)C1. The fourth-order valence-corrected chi connectivity index (χ4v) is 6.39. The topological polar surface area (TPSA) is 75.7 Å². The van der Waals surface area contributed by atoms with Gasteiger partial charge in [-0.05, 0) is 54.3 Å².